The van der Waals surface area contributed by atoms with E-state index in [1.807, 2.05) is 18.2 Å². The summed E-state index contributed by atoms with van der Waals surface area (Å²) in [7, 11) is 1.62. The van der Waals surface area contributed by atoms with Gasteiger partial charge in [0.2, 0.25) is 6.61 Å². The predicted octanol–water partition coefficient (Wildman–Crippen LogP) is 2.93. The summed E-state index contributed by atoms with van der Waals surface area (Å²) in [4.78, 5) is 16.0. The van der Waals surface area contributed by atoms with Crippen LogP contribution >= 0.6 is 0 Å². The van der Waals surface area contributed by atoms with E-state index in [9.17, 15) is 4.79 Å². The summed E-state index contributed by atoms with van der Waals surface area (Å²) in [5.41, 5.74) is 0.808. The van der Waals surface area contributed by atoms with Crippen LogP contribution in [-0.4, -0.2) is 38.6 Å². The first-order valence-electron chi connectivity index (χ1n) is 7.88. The van der Waals surface area contributed by atoms with Crippen LogP contribution in [0.15, 0.2) is 23.4 Å². The summed E-state index contributed by atoms with van der Waals surface area (Å²) in [6.07, 6.45) is 6.33. The standard InChI is InChI=1S/C17H23NO5/c1-3-21-17(19)12-22-18-11-13-8-9-15(20-2)16(10-13)23-14-6-4-5-7-14/h8-11,14H,3-7,12H2,1-2H3/b18-11+. The minimum absolute atomic E-state index is 0.202. The van der Waals surface area contributed by atoms with E-state index in [0.717, 1.165) is 18.4 Å². The molecule has 0 aromatic heterocycles. The Hall–Kier alpha value is -2.24. The fourth-order valence-corrected chi connectivity index (χ4v) is 2.44. The largest absolute Gasteiger partial charge is 0.493 e. The van der Waals surface area contributed by atoms with Crippen molar-refractivity contribution < 1.29 is 23.8 Å². The van der Waals surface area contributed by atoms with Gasteiger partial charge in [0.1, 0.15) is 0 Å². The lowest BCUT2D eigenvalue weighted by Crippen LogP contribution is -2.12. The number of ether oxygens (including phenoxy) is 3. The molecule has 1 aromatic rings. The van der Waals surface area contributed by atoms with Crippen LogP contribution in [-0.2, 0) is 14.4 Å². The van der Waals surface area contributed by atoms with Gasteiger partial charge in [-0.3, -0.25) is 0 Å². The second kappa shape index (κ2) is 9.02. The number of benzene rings is 1. The third kappa shape index (κ3) is 5.47. The number of hydrogen-bond acceptors (Lipinski definition) is 6. The van der Waals surface area contributed by atoms with Crippen molar-refractivity contribution >= 4 is 12.2 Å². The molecule has 0 spiro atoms. The number of oxime groups is 1. The van der Waals surface area contributed by atoms with Gasteiger partial charge in [-0.15, -0.1) is 0 Å². The van der Waals surface area contributed by atoms with Gasteiger partial charge in [0.25, 0.3) is 0 Å². The first-order valence-corrected chi connectivity index (χ1v) is 7.88. The topological polar surface area (TPSA) is 66.4 Å². The van der Waals surface area contributed by atoms with Gasteiger partial charge in [0.15, 0.2) is 11.5 Å². The maximum atomic E-state index is 11.1. The van der Waals surface area contributed by atoms with E-state index in [4.69, 9.17) is 19.0 Å². The van der Waals surface area contributed by atoms with Crippen molar-refractivity contribution in [3.8, 4) is 11.5 Å². The number of nitrogens with zero attached hydrogens (tertiary/aromatic N) is 1. The molecule has 0 amide bonds. The van der Waals surface area contributed by atoms with E-state index >= 15 is 0 Å². The number of carbonyl (C=O) groups is 1. The second-order valence-electron chi connectivity index (χ2n) is 5.25. The Kier molecular flexibility index (Phi) is 6.72. The van der Waals surface area contributed by atoms with Crippen molar-refractivity contribution in [1.29, 1.82) is 0 Å². The molecule has 1 aromatic carbocycles. The SMILES string of the molecule is CCOC(=O)CO/N=C/c1ccc(OC)c(OC2CCCC2)c1. The summed E-state index contributed by atoms with van der Waals surface area (Å²) >= 11 is 0. The zero-order valence-corrected chi connectivity index (χ0v) is 13.6. The molecule has 0 saturated heterocycles. The first kappa shape index (κ1) is 17.1. The molecule has 0 unspecified atom stereocenters. The molecule has 6 heteroatoms. The lowest BCUT2D eigenvalue weighted by molar-refractivity contribution is -0.148. The number of rotatable bonds is 8. The number of esters is 1. The van der Waals surface area contributed by atoms with E-state index in [0.29, 0.717) is 18.1 Å². The monoisotopic (exact) mass is 321 g/mol. The molecular formula is C17H23NO5. The lowest BCUT2D eigenvalue weighted by atomic mass is 10.2. The molecule has 23 heavy (non-hydrogen) atoms. The highest BCUT2D eigenvalue weighted by molar-refractivity contribution is 5.80. The third-order valence-electron chi connectivity index (χ3n) is 3.55. The van der Waals surface area contributed by atoms with Gasteiger partial charge in [-0.2, -0.15) is 0 Å². The van der Waals surface area contributed by atoms with Crippen LogP contribution in [0.3, 0.4) is 0 Å². The summed E-state index contributed by atoms with van der Waals surface area (Å²) in [5.74, 6) is 0.958. The Morgan fingerprint density at radius 3 is 2.78 bits per heavy atom. The molecule has 0 bridgehead atoms. The van der Waals surface area contributed by atoms with Crippen LogP contribution in [0.1, 0.15) is 38.2 Å². The van der Waals surface area contributed by atoms with Gasteiger partial charge in [-0.25, -0.2) is 4.79 Å². The summed E-state index contributed by atoms with van der Waals surface area (Å²) in [5, 5.41) is 3.77. The van der Waals surface area contributed by atoms with Gasteiger partial charge in [-0.1, -0.05) is 5.16 Å². The third-order valence-corrected chi connectivity index (χ3v) is 3.55. The zero-order chi connectivity index (χ0) is 16.5. The van der Waals surface area contributed by atoms with E-state index in [1.165, 1.54) is 19.1 Å². The van der Waals surface area contributed by atoms with Crippen LogP contribution < -0.4 is 9.47 Å². The Morgan fingerprint density at radius 1 is 1.30 bits per heavy atom. The molecule has 0 heterocycles. The van der Waals surface area contributed by atoms with Crippen molar-refractivity contribution in [1.82, 2.24) is 0 Å². The van der Waals surface area contributed by atoms with Gasteiger partial charge >= 0.3 is 5.97 Å². The molecule has 1 fully saturated rings. The fourth-order valence-electron chi connectivity index (χ4n) is 2.44. The van der Waals surface area contributed by atoms with E-state index in [1.54, 1.807) is 14.0 Å². The normalized spacial score (nSPS) is 14.9. The van der Waals surface area contributed by atoms with Crippen LogP contribution in [0.25, 0.3) is 0 Å². The number of carbonyl (C=O) groups excluding carboxylic acids is 1. The fraction of sp³-hybridized carbons (Fsp3) is 0.529. The lowest BCUT2D eigenvalue weighted by Gasteiger charge is -2.16. The van der Waals surface area contributed by atoms with Gasteiger partial charge < -0.3 is 19.0 Å². The molecule has 0 aliphatic heterocycles. The summed E-state index contributed by atoms with van der Waals surface area (Å²) in [6, 6.07) is 5.53. The molecule has 0 atom stereocenters. The Labute approximate surface area is 136 Å². The average molecular weight is 321 g/mol. The predicted molar refractivity (Wildman–Crippen MR) is 86.1 cm³/mol. The Bertz CT molecular complexity index is 538. The first-order chi connectivity index (χ1) is 11.2. The van der Waals surface area contributed by atoms with Crippen molar-refractivity contribution in [3.63, 3.8) is 0 Å². The number of hydrogen-bond donors (Lipinski definition) is 0. The molecule has 6 nitrogen and oxygen atoms in total. The second-order valence-corrected chi connectivity index (χ2v) is 5.25. The number of methoxy groups -OCH3 is 1. The highest BCUT2D eigenvalue weighted by Gasteiger charge is 2.18. The molecule has 126 valence electrons. The maximum Gasteiger partial charge on any atom is 0.347 e. The van der Waals surface area contributed by atoms with Gasteiger partial charge in [-0.05, 0) is 50.8 Å². The van der Waals surface area contributed by atoms with Crippen molar-refractivity contribution in [2.45, 2.75) is 38.7 Å². The van der Waals surface area contributed by atoms with Crippen LogP contribution in [0.5, 0.6) is 11.5 Å². The van der Waals surface area contributed by atoms with Crippen LogP contribution in [0.4, 0.5) is 0 Å². The maximum absolute atomic E-state index is 11.1. The molecule has 0 radical (unpaired) electrons. The minimum atomic E-state index is -0.440. The van der Waals surface area contributed by atoms with Crippen molar-refractivity contribution in [2.75, 3.05) is 20.3 Å². The highest BCUT2D eigenvalue weighted by atomic mass is 16.6. The van der Waals surface area contributed by atoms with E-state index < -0.39 is 5.97 Å². The van der Waals surface area contributed by atoms with E-state index in [2.05, 4.69) is 5.16 Å². The zero-order valence-electron chi connectivity index (χ0n) is 13.6. The van der Waals surface area contributed by atoms with E-state index in [-0.39, 0.29) is 12.7 Å². The van der Waals surface area contributed by atoms with Gasteiger partial charge in [0.05, 0.1) is 26.0 Å². The molecule has 1 aliphatic carbocycles. The van der Waals surface area contributed by atoms with Crippen molar-refractivity contribution in [3.05, 3.63) is 23.8 Å². The molecule has 0 N–H and O–H groups in total. The smallest absolute Gasteiger partial charge is 0.347 e. The molecule has 1 saturated carbocycles. The summed E-state index contributed by atoms with van der Waals surface area (Å²) < 4.78 is 16.1. The molecular weight excluding hydrogens is 298 g/mol. The molecule has 1 aliphatic rings. The van der Waals surface area contributed by atoms with Crippen LogP contribution in [0.2, 0.25) is 0 Å². The Morgan fingerprint density at radius 2 is 2.09 bits per heavy atom. The quantitative estimate of drug-likeness (QED) is 0.418. The van der Waals surface area contributed by atoms with Crippen LogP contribution in [0, 0.1) is 0 Å². The van der Waals surface area contributed by atoms with Gasteiger partial charge in [0, 0.05) is 5.56 Å². The highest BCUT2D eigenvalue weighted by Crippen LogP contribution is 2.32. The Balaban J connectivity index is 1.94. The average Bonchev–Trinajstić information content (AvgIpc) is 3.05. The minimum Gasteiger partial charge on any atom is -0.493 e. The van der Waals surface area contributed by atoms with Crippen molar-refractivity contribution in [2.24, 2.45) is 5.16 Å². The molecule has 2 rings (SSSR count). The summed E-state index contributed by atoms with van der Waals surface area (Å²) in [6.45, 7) is 1.86.